The first-order valence-electron chi connectivity index (χ1n) is 9.16. The Morgan fingerprint density at radius 1 is 0.963 bits per heavy atom. The number of hydrogen-bond donors (Lipinski definition) is 3. The zero-order valence-corrected chi connectivity index (χ0v) is 15.5. The van der Waals surface area contributed by atoms with Crippen LogP contribution in [-0.4, -0.2) is 11.9 Å². The maximum absolute atomic E-state index is 13.8. The third-order valence-electron chi connectivity index (χ3n) is 4.69. The normalized spacial score (nSPS) is 15.5. The number of benzene rings is 2. The molecule has 0 saturated heterocycles. The molecule has 0 bridgehead atoms. The van der Waals surface area contributed by atoms with Crippen LogP contribution in [0, 0.1) is 11.7 Å². The predicted molar refractivity (Wildman–Crippen MR) is 103 cm³/mol. The molecule has 27 heavy (non-hydrogen) atoms. The Labute approximate surface area is 158 Å². The first-order valence-corrected chi connectivity index (χ1v) is 9.16. The number of nitrogens with one attached hydrogen (secondary N) is 3. The van der Waals surface area contributed by atoms with Crippen LogP contribution in [0.5, 0.6) is 0 Å². The average Bonchev–Trinajstić information content (AvgIpc) is 3.47. The second-order valence-corrected chi connectivity index (χ2v) is 6.97. The predicted octanol–water partition coefficient (Wildman–Crippen LogP) is 4.30. The molecule has 2 aromatic carbocycles. The molecular weight excluding hydrogens is 345 g/mol. The lowest BCUT2D eigenvalue weighted by atomic mass is 10.1. The molecule has 1 aliphatic carbocycles. The van der Waals surface area contributed by atoms with Crippen LogP contribution in [-0.2, 0) is 4.79 Å². The number of anilines is 1. The highest BCUT2D eigenvalue weighted by Crippen LogP contribution is 2.30. The van der Waals surface area contributed by atoms with Gasteiger partial charge >= 0.3 is 6.03 Å². The Morgan fingerprint density at radius 3 is 2.22 bits per heavy atom. The van der Waals surface area contributed by atoms with Crippen LogP contribution in [0.15, 0.2) is 48.5 Å². The number of halogens is 1. The number of urea groups is 1. The summed E-state index contributed by atoms with van der Waals surface area (Å²) in [6, 6.07) is 12.7. The molecule has 3 N–H and O–H groups in total. The molecule has 0 heterocycles. The van der Waals surface area contributed by atoms with Gasteiger partial charge in [0.2, 0.25) is 5.91 Å². The minimum absolute atomic E-state index is 0.0652. The summed E-state index contributed by atoms with van der Waals surface area (Å²) in [5.41, 5.74) is 2.10. The van der Waals surface area contributed by atoms with Crippen molar-refractivity contribution in [3.8, 4) is 0 Å². The maximum Gasteiger partial charge on any atom is 0.315 e. The number of carbonyl (C=O) groups excluding carboxylic acids is 2. The molecule has 3 rings (SSSR count). The quantitative estimate of drug-likeness (QED) is 0.711. The third kappa shape index (κ3) is 5.06. The Balaban J connectivity index is 1.53. The Bertz CT molecular complexity index is 818. The zero-order valence-electron chi connectivity index (χ0n) is 15.5. The summed E-state index contributed by atoms with van der Waals surface area (Å²) in [4.78, 5) is 24.0. The Hall–Kier alpha value is -2.89. The summed E-state index contributed by atoms with van der Waals surface area (Å²) in [6.07, 6.45) is 1.93. The molecule has 0 spiro atoms. The van der Waals surface area contributed by atoms with Crippen LogP contribution in [0.25, 0.3) is 0 Å². The second kappa shape index (κ2) is 8.20. The first-order chi connectivity index (χ1) is 12.9. The van der Waals surface area contributed by atoms with Gasteiger partial charge in [0.25, 0.3) is 0 Å². The third-order valence-corrected chi connectivity index (χ3v) is 4.69. The molecule has 3 amide bonds. The summed E-state index contributed by atoms with van der Waals surface area (Å²) in [6.45, 7) is 3.60. The van der Waals surface area contributed by atoms with Gasteiger partial charge in [0.15, 0.2) is 0 Å². The number of carbonyl (C=O) groups is 2. The van der Waals surface area contributed by atoms with Crippen molar-refractivity contribution < 1.29 is 14.0 Å². The molecule has 6 heteroatoms. The number of rotatable bonds is 6. The second-order valence-electron chi connectivity index (χ2n) is 6.97. The van der Waals surface area contributed by atoms with Crippen molar-refractivity contribution in [2.45, 2.75) is 38.8 Å². The highest BCUT2D eigenvalue weighted by molar-refractivity contribution is 5.94. The molecule has 1 aliphatic rings. The standard InChI is InChI=1S/C21H24FN3O2/c1-13(15-9-11-17(12-10-15)25-20(26)16-7-8-16)23-21(27)24-14(2)18-5-3-4-6-19(18)22/h3-6,9-14,16H,7-8H2,1-2H3,(H,25,26)(H2,23,24,27)/t13-,14+/m0/s1. The summed E-state index contributed by atoms with van der Waals surface area (Å²) < 4.78 is 13.8. The monoisotopic (exact) mass is 369 g/mol. The topological polar surface area (TPSA) is 70.2 Å². The van der Waals surface area contributed by atoms with Crippen molar-refractivity contribution >= 4 is 17.6 Å². The lowest BCUT2D eigenvalue weighted by Gasteiger charge is -2.19. The summed E-state index contributed by atoms with van der Waals surface area (Å²) >= 11 is 0. The molecule has 5 nitrogen and oxygen atoms in total. The lowest BCUT2D eigenvalue weighted by Crippen LogP contribution is -2.38. The maximum atomic E-state index is 13.8. The van der Waals surface area contributed by atoms with Gasteiger partial charge in [-0.1, -0.05) is 30.3 Å². The van der Waals surface area contributed by atoms with Gasteiger partial charge in [-0.25, -0.2) is 9.18 Å². The van der Waals surface area contributed by atoms with E-state index in [2.05, 4.69) is 16.0 Å². The molecular formula is C21H24FN3O2. The van der Waals surface area contributed by atoms with Gasteiger partial charge < -0.3 is 16.0 Å². The Kier molecular flexibility index (Phi) is 5.74. The number of hydrogen-bond acceptors (Lipinski definition) is 2. The van der Waals surface area contributed by atoms with E-state index in [-0.39, 0.29) is 29.7 Å². The van der Waals surface area contributed by atoms with Gasteiger partial charge in [-0.05, 0) is 50.5 Å². The molecule has 142 valence electrons. The van der Waals surface area contributed by atoms with Crippen LogP contribution in [0.3, 0.4) is 0 Å². The fourth-order valence-corrected chi connectivity index (χ4v) is 2.87. The summed E-state index contributed by atoms with van der Waals surface area (Å²) in [7, 11) is 0. The molecule has 0 radical (unpaired) electrons. The van der Waals surface area contributed by atoms with Crippen LogP contribution in [0.2, 0.25) is 0 Å². The molecule has 0 unspecified atom stereocenters. The Morgan fingerprint density at radius 2 is 1.59 bits per heavy atom. The molecule has 0 aliphatic heterocycles. The van der Waals surface area contributed by atoms with Crippen LogP contribution in [0.1, 0.15) is 49.9 Å². The molecule has 1 fully saturated rings. The van der Waals surface area contributed by atoms with Crippen molar-refractivity contribution in [2.24, 2.45) is 5.92 Å². The van der Waals surface area contributed by atoms with Crippen molar-refractivity contribution in [2.75, 3.05) is 5.32 Å². The van der Waals surface area contributed by atoms with E-state index in [0.29, 0.717) is 5.56 Å². The SMILES string of the molecule is C[C@H](NC(=O)N[C@H](C)c1ccccc1F)c1ccc(NC(=O)C2CC2)cc1. The highest BCUT2D eigenvalue weighted by Gasteiger charge is 2.29. The van der Waals surface area contributed by atoms with Crippen LogP contribution in [0.4, 0.5) is 14.9 Å². The van der Waals surface area contributed by atoms with E-state index in [1.807, 2.05) is 31.2 Å². The van der Waals surface area contributed by atoms with Crippen molar-refractivity contribution in [3.63, 3.8) is 0 Å². The van der Waals surface area contributed by atoms with Gasteiger partial charge in [0, 0.05) is 17.2 Å². The minimum Gasteiger partial charge on any atom is -0.332 e. The number of amides is 3. The minimum atomic E-state index is -0.446. The summed E-state index contributed by atoms with van der Waals surface area (Å²) in [5, 5.41) is 8.48. The van der Waals surface area contributed by atoms with Gasteiger partial charge in [-0.3, -0.25) is 4.79 Å². The van der Waals surface area contributed by atoms with Crippen LogP contribution < -0.4 is 16.0 Å². The van der Waals surface area contributed by atoms with Gasteiger partial charge in [0.05, 0.1) is 12.1 Å². The highest BCUT2D eigenvalue weighted by atomic mass is 19.1. The first kappa shape index (κ1) is 18.9. The zero-order chi connectivity index (χ0) is 19.4. The van der Waals surface area contributed by atoms with E-state index in [4.69, 9.17) is 0 Å². The molecule has 0 aromatic heterocycles. The van der Waals surface area contributed by atoms with E-state index in [9.17, 15) is 14.0 Å². The van der Waals surface area contributed by atoms with Crippen molar-refractivity contribution in [1.29, 1.82) is 0 Å². The smallest absolute Gasteiger partial charge is 0.315 e. The average molecular weight is 369 g/mol. The van der Waals surface area contributed by atoms with E-state index < -0.39 is 6.04 Å². The van der Waals surface area contributed by atoms with Gasteiger partial charge in [-0.2, -0.15) is 0 Å². The van der Waals surface area contributed by atoms with Gasteiger partial charge in [0.1, 0.15) is 5.82 Å². The van der Waals surface area contributed by atoms with Crippen molar-refractivity contribution in [1.82, 2.24) is 10.6 Å². The largest absolute Gasteiger partial charge is 0.332 e. The van der Waals surface area contributed by atoms with Crippen molar-refractivity contribution in [3.05, 3.63) is 65.5 Å². The summed E-state index contributed by atoms with van der Waals surface area (Å²) in [5.74, 6) is -0.122. The molecule has 2 aromatic rings. The molecule has 2 atom stereocenters. The fraction of sp³-hybridized carbons (Fsp3) is 0.333. The lowest BCUT2D eigenvalue weighted by molar-refractivity contribution is -0.117. The van der Waals surface area contributed by atoms with E-state index in [1.165, 1.54) is 6.07 Å². The van der Waals surface area contributed by atoms with E-state index in [0.717, 1.165) is 24.1 Å². The van der Waals surface area contributed by atoms with E-state index >= 15 is 0 Å². The van der Waals surface area contributed by atoms with E-state index in [1.54, 1.807) is 25.1 Å². The van der Waals surface area contributed by atoms with Gasteiger partial charge in [-0.15, -0.1) is 0 Å². The molecule has 1 saturated carbocycles. The fourth-order valence-electron chi connectivity index (χ4n) is 2.87. The van der Waals surface area contributed by atoms with Crippen LogP contribution >= 0.6 is 0 Å².